The van der Waals surface area contributed by atoms with E-state index >= 15 is 0 Å². The zero-order chi connectivity index (χ0) is 25.0. The van der Waals surface area contributed by atoms with Crippen LogP contribution in [0.2, 0.25) is 5.02 Å². The Balaban J connectivity index is 1.54. The van der Waals surface area contributed by atoms with Gasteiger partial charge in [-0.2, -0.15) is 0 Å². The lowest BCUT2D eigenvalue weighted by Gasteiger charge is -2.30. The van der Waals surface area contributed by atoms with E-state index in [2.05, 4.69) is 55.3 Å². The molecule has 2 fully saturated rings. The van der Waals surface area contributed by atoms with Crippen LogP contribution in [-0.4, -0.2) is 72.8 Å². The number of nitrogens with zero attached hydrogens (tertiary/aromatic N) is 2. The van der Waals surface area contributed by atoms with Crippen molar-refractivity contribution >= 4 is 35.2 Å². The minimum absolute atomic E-state index is 0.0390. The summed E-state index contributed by atoms with van der Waals surface area (Å²) in [6.07, 6.45) is 0. The molecule has 2 amide bonds. The second kappa shape index (κ2) is 11.3. The summed E-state index contributed by atoms with van der Waals surface area (Å²) in [6.45, 7) is 11.0. The molecule has 0 saturated carbocycles. The molecule has 1 N–H and O–H groups in total. The molecule has 2 aliphatic heterocycles. The fourth-order valence-electron chi connectivity index (χ4n) is 4.41. The first kappa shape index (κ1) is 26.0. The van der Waals surface area contributed by atoms with Crippen molar-refractivity contribution in [3.05, 3.63) is 70.2 Å². The molecule has 2 aliphatic rings. The van der Waals surface area contributed by atoms with Gasteiger partial charge >= 0.3 is 0 Å². The molecule has 2 atom stereocenters. The SMILES string of the molecule is CC(C)(C)c1ccc(C2SCC(C(=O)NCCN3CCOCC3)N2C(=O)c2ccccc2Cl)cc1. The molecule has 2 aromatic carbocycles. The van der Waals surface area contributed by atoms with Gasteiger partial charge in [-0.1, -0.05) is 68.8 Å². The molecule has 0 aliphatic carbocycles. The van der Waals surface area contributed by atoms with Crippen LogP contribution in [0, 0.1) is 0 Å². The Morgan fingerprint density at radius 1 is 1.09 bits per heavy atom. The number of benzene rings is 2. The average molecular weight is 516 g/mol. The zero-order valence-electron chi connectivity index (χ0n) is 20.6. The third kappa shape index (κ3) is 6.20. The average Bonchev–Trinajstić information content (AvgIpc) is 3.29. The van der Waals surface area contributed by atoms with Gasteiger partial charge in [0.05, 0.1) is 23.8 Å². The summed E-state index contributed by atoms with van der Waals surface area (Å²) in [4.78, 5) is 31.0. The molecule has 188 valence electrons. The van der Waals surface area contributed by atoms with Gasteiger partial charge < -0.3 is 15.0 Å². The van der Waals surface area contributed by atoms with E-state index in [1.54, 1.807) is 40.9 Å². The van der Waals surface area contributed by atoms with Gasteiger partial charge in [-0.3, -0.25) is 14.5 Å². The normalized spacial score (nSPS) is 21.2. The highest BCUT2D eigenvalue weighted by atomic mass is 35.5. The quantitative estimate of drug-likeness (QED) is 0.620. The highest BCUT2D eigenvalue weighted by Crippen LogP contribution is 2.43. The van der Waals surface area contributed by atoms with Gasteiger partial charge in [0.2, 0.25) is 5.91 Å². The number of ether oxygens (including phenoxy) is 1. The van der Waals surface area contributed by atoms with Gasteiger partial charge in [0.15, 0.2) is 0 Å². The molecule has 0 bridgehead atoms. The summed E-state index contributed by atoms with van der Waals surface area (Å²) in [6, 6.07) is 14.8. The van der Waals surface area contributed by atoms with E-state index in [0.29, 0.717) is 22.9 Å². The third-order valence-electron chi connectivity index (χ3n) is 6.53. The number of hydrogen-bond donors (Lipinski definition) is 1. The molecule has 6 nitrogen and oxygen atoms in total. The van der Waals surface area contributed by atoms with Crippen molar-refractivity contribution in [1.29, 1.82) is 0 Å². The van der Waals surface area contributed by atoms with Crippen LogP contribution in [0.1, 0.15) is 47.6 Å². The summed E-state index contributed by atoms with van der Waals surface area (Å²) < 4.78 is 5.39. The number of amides is 2. The lowest BCUT2D eigenvalue weighted by molar-refractivity contribution is -0.124. The van der Waals surface area contributed by atoms with E-state index in [9.17, 15) is 9.59 Å². The van der Waals surface area contributed by atoms with Gasteiger partial charge in [0, 0.05) is 31.9 Å². The Morgan fingerprint density at radius 2 is 1.77 bits per heavy atom. The van der Waals surface area contributed by atoms with Gasteiger partial charge in [0.25, 0.3) is 5.91 Å². The third-order valence-corrected chi connectivity index (χ3v) is 8.19. The molecule has 8 heteroatoms. The highest BCUT2D eigenvalue weighted by molar-refractivity contribution is 7.99. The van der Waals surface area contributed by atoms with Crippen LogP contribution in [0.4, 0.5) is 0 Å². The summed E-state index contributed by atoms with van der Waals surface area (Å²) in [7, 11) is 0. The summed E-state index contributed by atoms with van der Waals surface area (Å²) in [5.74, 6) is 0.185. The number of thioether (sulfide) groups is 1. The molecule has 2 saturated heterocycles. The van der Waals surface area contributed by atoms with Gasteiger partial charge in [-0.05, 0) is 28.7 Å². The number of halogens is 1. The Kier molecular flexibility index (Phi) is 8.42. The molecule has 0 aromatic heterocycles. The summed E-state index contributed by atoms with van der Waals surface area (Å²) >= 11 is 8.01. The van der Waals surface area contributed by atoms with Crippen molar-refractivity contribution < 1.29 is 14.3 Å². The second-order valence-electron chi connectivity index (χ2n) is 10.0. The lowest BCUT2D eigenvalue weighted by Crippen LogP contribution is -2.49. The molecule has 0 radical (unpaired) electrons. The van der Waals surface area contributed by atoms with Crippen molar-refractivity contribution in [2.75, 3.05) is 45.1 Å². The van der Waals surface area contributed by atoms with E-state index < -0.39 is 6.04 Å². The molecule has 2 aromatic rings. The fraction of sp³-hybridized carbons (Fsp3) is 0.481. The Bertz CT molecular complexity index is 1030. The van der Waals surface area contributed by atoms with Crippen molar-refractivity contribution in [3.63, 3.8) is 0 Å². The maximum atomic E-state index is 13.7. The first-order valence-corrected chi connectivity index (χ1v) is 13.6. The van der Waals surface area contributed by atoms with E-state index in [1.165, 1.54) is 5.56 Å². The van der Waals surface area contributed by atoms with Crippen LogP contribution in [0.5, 0.6) is 0 Å². The van der Waals surface area contributed by atoms with Crippen molar-refractivity contribution in [3.8, 4) is 0 Å². The monoisotopic (exact) mass is 515 g/mol. The fourth-order valence-corrected chi connectivity index (χ4v) is 6.06. The number of hydrogen-bond acceptors (Lipinski definition) is 5. The van der Waals surface area contributed by atoms with Crippen LogP contribution in [-0.2, 0) is 14.9 Å². The highest BCUT2D eigenvalue weighted by Gasteiger charge is 2.43. The Morgan fingerprint density at radius 3 is 2.43 bits per heavy atom. The van der Waals surface area contributed by atoms with Crippen LogP contribution in [0.3, 0.4) is 0 Å². The van der Waals surface area contributed by atoms with E-state index in [0.717, 1.165) is 38.4 Å². The van der Waals surface area contributed by atoms with Gasteiger partial charge in [0.1, 0.15) is 11.4 Å². The van der Waals surface area contributed by atoms with Crippen LogP contribution < -0.4 is 5.32 Å². The number of morpholine rings is 1. The molecule has 35 heavy (non-hydrogen) atoms. The molecular formula is C27H34ClN3O3S. The standard InChI is InChI=1S/C27H34ClN3O3S/c1-27(2,3)20-10-8-19(9-11-20)26-31(25(33)21-6-4-5-7-22(21)28)23(18-35-26)24(32)29-12-13-30-14-16-34-17-15-30/h4-11,23,26H,12-18H2,1-3H3,(H,29,32). The number of rotatable bonds is 6. The lowest BCUT2D eigenvalue weighted by atomic mass is 9.86. The molecule has 2 heterocycles. The van der Waals surface area contributed by atoms with Crippen LogP contribution in [0.15, 0.2) is 48.5 Å². The first-order valence-electron chi connectivity index (χ1n) is 12.1. The zero-order valence-corrected chi connectivity index (χ0v) is 22.2. The molecule has 0 spiro atoms. The summed E-state index contributed by atoms with van der Waals surface area (Å²) in [5.41, 5.74) is 2.69. The van der Waals surface area contributed by atoms with Crippen molar-refractivity contribution in [1.82, 2.24) is 15.1 Å². The molecule has 2 unspecified atom stereocenters. The minimum Gasteiger partial charge on any atom is -0.379 e. The van der Waals surface area contributed by atoms with Crippen LogP contribution >= 0.6 is 23.4 Å². The number of carbonyl (C=O) groups excluding carboxylic acids is 2. The largest absolute Gasteiger partial charge is 0.379 e. The topological polar surface area (TPSA) is 61.9 Å². The minimum atomic E-state index is -0.569. The molecule has 4 rings (SSSR count). The molecular weight excluding hydrogens is 482 g/mol. The van der Waals surface area contributed by atoms with E-state index in [1.807, 2.05) is 0 Å². The number of carbonyl (C=O) groups is 2. The predicted octanol–water partition coefficient (Wildman–Crippen LogP) is 4.34. The van der Waals surface area contributed by atoms with Gasteiger partial charge in [-0.25, -0.2) is 0 Å². The van der Waals surface area contributed by atoms with Crippen LogP contribution in [0.25, 0.3) is 0 Å². The predicted molar refractivity (Wildman–Crippen MR) is 142 cm³/mol. The number of nitrogens with one attached hydrogen (secondary N) is 1. The van der Waals surface area contributed by atoms with Crippen molar-refractivity contribution in [2.24, 2.45) is 0 Å². The van der Waals surface area contributed by atoms with Crippen molar-refractivity contribution in [2.45, 2.75) is 37.6 Å². The maximum Gasteiger partial charge on any atom is 0.257 e. The Labute approximate surface area is 217 Å². The van der Waals surface area contributed by atoms with Gasteiger partial charge in [-0.15, -0.1) is 11.8 Å². The van der Waals surface area contributed by atoms with E-state index in [-0.39, 0.29) is 22.6 Å². The smallest absolute Gasteiger partial charge is 0.257 e. The maximum absolute atomic E-state index is 13.7. The first-order chi connectivity index (χ1) is 16.8. The Hall–Kier alpha value is -2.06. The summed E-state index contributed by atoms with van der Waals surface area (Å²) in [5, 5.41) is 3.19. The van der Waals surface area contributed by atoms with E-state index in [4.69, 9.17) is 16.3 Å². The second-order valence-corrected chi connectivity index (χ2v) is 11.5.